The molecule has 1 heterocycles. The summed E-state index contributed by atoms with van der Waals surface area (Å²) in [7, 11) is 0. The van der Waals surface area contributed by atoms with Gasteiger partial charge in [-0.25, -0.2) is 0 Å². The number of pyridine rings is 1. The Labute approximate surface area is 115 Å². The van der Waals surface area contributed by atoms with Crippen molar-refractivity contribution in [2.45, 2.75) is 52.6 Å². The highest BCUT2D eigenvalue weighted by atomic mass is 16.1. The van der Waals surface area contributed by atoms with Crippen LogP contribution in [0.2, 0.25) is 0 Å². The van der Waals surface area contributed by atoms with Gasteiger partial charge in [-0.05, 0) is 37.8 Å². The Morgan fingerprint density at radius 2 is 2.11 bits per heavy atom. The van der Waals surface area contributed by atoms with Crippen LogP contribution in [0.3, 0.4) is 0 Å². The fraction of sp³-hybridized carbons (Fsp3) is 0.600. The van der Waals surface area contributed by atoms with E-state index in [1.807, 2.05) is 26.0 Å². The van der Waals surface area contributed by atoms with Gasteiger partial charge in [0.05, 0.1) is 11.7 Å². The summed E-state index contributed by atoms with van der Waals surface area (Å²) < 4.78 is 0. The van der Waals surface area contributed by atoms with Crippen LogP contribution in [-0.4, -0.2) is 16.9 Å². The Hall–Kier alpha value is -1.42. The average Bonchev–Trinajstić information content (AvgIpc) is 2.34. The van der Waals surface area contributed by atoms with Crippen molar-refractivity contribution >= 4 is 5.91 Å². The van der Waals surface area contributed by atoms with Gasteiger partial charge < -0.3 is 11.1 Å². The Morgan fingerprint density at radius 3 is 2.63 bits per heavy atom. The summed E-state index contributed by atoms with van der Waals surface area (Å²) in [5.74, 6) is 0.342. The van der Waals surface area contributed by atoms with Crippen LogP contribution in [0.15, 0.2) is 18.3 Å². The molecule has 106 valence electrons. The Bertz CT molecular complexity index is 416. The number of carbonyl (C=O) groups is 1. The van der Waals surface area contributed by atoms with E-state index >= 15 is 0 Å². The van der Waals surface area contributed by atoms with Gasteiger partial charge in [-0.1, -0.05) is 19.9 Å². The van der Waals surface area contributed by atoms with Crippen LogP contribution in [0, 0.1) is 12.8 Å². The standard InChI is InChI=1S/C15H25N3O/c1-10(2)14(15-11(3)6-5-9-17-15)18-13(19)8-7-12(4)16/h5-6,9-10,12,14H,7-8,16H2,1-4H3,(H,18,19). The number of hydrogen-bond acceptors (Lipinski definition) is 3. The van der Waals surface area contributed by atoms with Crippen molar-refractivity contribution in [2.75, 3.05) is 0 Å². The Morgan fingerprint density at radius 1 is 1.42 bits per heavy atom. The zero-order valence-electron chi connectivity index (χ0n) is 12.3. The number of nitrogens with zero attached hydrogens (tertiary/aromatic N) is 1. The van der Waals surface area contributed by atoms with Gasteiger partial charge in [-0.2, -0.15) is 0 Å². The van der Waals surface area contributed by atoms with Gasteiger partial charge in [0.15, 0.2) is 0 Å². The molecule has 0 spiro atoms. The molecule has 0 aliphatic heterocycles. The Balaban J connectivity index is 2.74. The summed E-state index contributed by atoms with van der Waals surface area (Å²) in [5.41, 5.74) is 7.73. The molecule has 0 aliphatic rings. The van der Waals surface area contributed by atoms with Crippen molar-refractivity contribution in [3.63, 3.8) is 0 Å². The monoisotopic (exact) mass is 263 g/mol. The zero-order valence-corrected chi connectivity index (χ0v) is 12.3. The van der Waals surface area contributed by atoms with Gasteiger partial charge in [0.2, 0.25) is 5.91 Å². The van der Waals surface area contributed by atoms with Crippen LogP contribution in [0.1, 0.15) is 50.9 Å². The minimum Gasteiger partial charge on any atom is -0.347 e. The van der Waals surface area contributed by atoms with E-state index in [-0.39, 0.29) is 18.0 Å². The summed E-state index contributed by atoms with van der Waals surface area (Å²) in [6, 6.07) is 3.95. The Kier molecular flexibility index (Phi) is 5.96. The number of carbonyl (C=O) groups excluding carboxylic acids is 1. The molecule has 1 amide bonds. The first kappa shape index (κ1) is 15.6. The molecule has 1 rings (SSSR count). The van der Waals surface area contributed by atoms with Crippen molar-refractivity contribution in [3.05, 3.63) is 29.6 Å². The second-order valence-corrected chi connectivity index (χ2v) is 5.51. The summed E-state index contributed by atoms with van der Waals surface area (Å²) in [6.45, 7) is 8.11. The minimum absolute atomic E-state index is 0.0400. The van der Waals surface area contributed by atoms with E-state index in [9.17, 15) is 4.79 Å². The minimum atomic E-state index is -0.0400. The third kappa shape index (κ3) is 4.99. The third-order valence-electron chi connectivity index (χ3n) is 3.15. The normalized spacial score (nSPS) is 14.2. The predicted molar refractivity (Wildman–Crippen MR) is 77.6 cm³/mol. The molecular weight excluding hydrogens is 238 g/mol. The highest BCUT2D eigenvalue weighted by Crippen LogP contribution is 2.22. The maximum Gasteiger partial charge on any atom is 0.220 e. The lowest BCUT2D eigenvalue weighted by molar-refractivity contribution is -0.122. The van der Waals surface area contributed by atoms with Crippen molar-refractivity contribution in [1.82, 2.24) is 10.3 Å². The molecule has 19 heavy (non-hydrogen) atoms. The lowest BCUT2D eigenvalue weighted by Crippen LogP contribution is -2.33. The summed E-state index contributed by atoms with van der Waals surface area (Å²) in [5, 5.41) is 3.07. The molecule has 1 aromatic rings. The molecule has 0 radical (unpaired) electrons. The van der Waals surface area contributed by atoms with Gasteiger partial charge in [-0.3, -0.25) is 9.78 Å². The van der Waals surface area contributed by atoms with E-state index in [0.29, 0.717) is 18.8 Å². The fourth-order valence-electron chi connectivity index (χ4n) is 1.98. The van der Waals surface area contributed by atoms with Crippen LogP contribution in [0.4, 0.5) is 0 Å². The third-order valence-corrected chi connectivity index (χ3v) is 3.15. The number of aromatic nitrogens is 1. The molecule has 2 unspecified atom stereocenters. The molecule has 0 saturated heterocycles. The number of aryl methyl sites for hydroxylation is 1. The van der Waals surface area contributed by atoms with E-state index in [1.165, 1.54) is 0 Å². The van der Waals surface area contributed by atoms with Crippen LogP contribution in [0.25, 0.3) is 0 Å². The summed E-state index contributed by atoms with van der Waals surface area (Å²) >= 11 is 0. The van der Waals surface area contributed by atoms with Crippen LogP contribution >= 0.6 is 0 Å². The van der Waals surface area contributed by atoms with Crippen LogP contribution in [-0.2, 0) is 4.79 Å². The SMILES string of the molecule is Cc1cccnc1C(NC(=O)CCC(C)N)C(C)C. The molecule has 0 saturated carbocycles. The topological polar surface area (TPSA) is 68.0 Å². The molecule has 2 atom stereocenters. The summed E-state index contributed by atoms with van der Waals surface area (Å²) in [6.07, 6.45) is 2.94. The molecule has 0 aromatic carbocycles. The molecule has 1 aromatic heterocycles. The fourth-order valence-corrected chi connectivity index (χ4v) is 1.98. The first-order valence-electron chi connectivity index (χ1n) is 6.88. The largest absolute Gasteiger partial charge is 0.347 e. The number of hydrogen-bond donors (Lipinski definition) is 2. The molecule has 0 bridgehead atoms. The quantitative estimate of drug-likeness (QED) is 0.827. The molecule has 0 aliphatic carbocycles. The van der Waals surface area contributed by atoms with Crippen molar-refractivity contribution in [3.8, 4) is 0 Å². The van der Waals surface area contributed by atoms with E-state index in [1.54, 1.807) is 6.20 Å². The smallest absolute Gasteiger partial charge is 0.220 e. The first-order chi connectivity index (χ1) is 8.91. The average molecular weight is 263 g/mol. The van der Waals surface area contributed by atoms with Gasteiger partial charge in [0.25, 0.3) is 0 Å². The highest BCUT2D eigenvalue weighted by molar-refractivity contribution is 5.76. The van der Waals surface area contributed by atoms with Gasteiger partial charge in [0.1, 0.15) is 0 Å². The van der Waals surface area contributed by atoms with E-state index in [2.05, 4.69) is 24.1 Å². The molecule has 0 fully saturated rings. The number of rotatable bonds is 6. The summed E-state index contributed by atoms with van der Waals surface area (Å²) in [4.78, 5) is 16.4. The second-order valence-electron chi connectivity index (χ2n) is 5.51. The zero-order chi connectivity index (χ0) is 14.4. The number of amides is 1. The lowest BCUT2D eigenvalue weighted by Gasteiger charge is -2.23. The molecule has 4 heteroatoms. The van der Waals surface area contributed by atoms with Crippen LogP contribution in [0.5, 0.6) is 0 Å². The highest BCUT2D eigenvalue weighted by Gasteiger charge is 2.21. The number of nitrogens with two attached hydrogens (primary N) is 1. The van der Waals surface area contributed by atoms with Gasteiger partial charge in [-0.15, -0.1) is 0 Å². The van der Waals surface area contributed by atoms with Gasteiger partial charge >= 0.3 is 0 Å². The molecule has 4 nitrogen and oxygen atoms in total. The first-order valence-corrected chi connectivity index (χ1v) is 6.88. The second kappa shape index (κ2) is 7.24. The maximum atomic E-state index is 12.0. The molecule has 3 N–H and O–H groups in total. The number of nitrogens with one attached hydrogen (secondary N) is 1. The van der Waals surface area contributed by atoms with Crippen molar-refractivity contribution < 1.29 is 4.79 Å². The molecular formula is C15H25N3O. The van der Waals surface area contributed by atoms with E-state index in [0.717, 1.165) is 11.3 Å². The maximum absolute atomic E-state index is 12.0. The van der Waals surface area contributed by atoms with Crippen molar-refractivity contribution in [2.24, 2.45) is 11.7 Å². The van der Waals surface area contributed by atoms with Crippen molar-refractivity contribution in [1.29, 1.82) is 0 Å². The van der Waals surface area contributed by atoms with Crippen LogP contribution < -0.4 is 11.1 Å². The lowest BCUT2D eigenvalue weighted by atomic mass is 9.97. The predicted octanol–water partition coefficient (Wildman–Crippen LogP) is 2.33. The van der Waals surface area contributed by atoms with Gasteiger partial charge in [0, 0.05) is 18.7 Å². The van der Waals surface area contributed by atoms with E-state index in [4.69, 9.17) is 5.73 Å². The van der Waals surface area contributed by atoms with E-state index < -0.39 is 0 Å².